The third kappa shape index (κ3) is 4.48. The van der Waals surface area contributed by atoms with E-state index in [1.807, 2.05) is 6.92 Å². The number of rotatable bonds is 6. The Bertz CT molecular complexity index is 1140. The molecule has 1 N–H and O–H groups in total. The zero-order valence-corrected chi connectivity index (χ0v) is 16.0. The lowest BCUT2D eigenvalue weighted by Gasteiger charge is -2.10. The maximum Gasteiger partial charge on any atom is 0.349 e. The highest BCUT2D eigenvalue weighted by molar-refractivity contribution is 6.05. The van der Waals surface area contributed by atoms with Crippen LogP contribution in [0.1, 0.15) is 41.4 Å². The number of esters is 1. The van der Waals surface area contributed by atoms with Crippen molar-refractivity contribution in [1.29, 1.82) is 0 Å². The van der Waals surface area contributed by atoms with Crippen LogP contribution in [-0.2, 0) is 16.1 Å². The van der Waals surface area contributed by atoms with Gasteiger partial charge in [-0.1, -0.05) is 19.1 Å². The zero-order valence-electron chi connectivity index (χ0n) is 16.0. The Labute approximate surface area is 165 Å². The van der Waals surface area contributed by atoms with Gasteiger partial charge in [0.2, 0.25) is 0 Å². The number of carbonyl (C=O) groups is 2. The largest absolute Gasteiger partial charge is 0.461 e. The zero-order chi connectivity index (χ0) is 21.0. The van der Waals surface area contributed by atoms with Crippen LogP contribution >= 0.6 is 0 Å². The molecule has 3 aromatic rings. The lowest BCUT2D eigenvalue weighted by molar-refractivity contribution is -0.144. The molecule has 0 aliphatic heterocycles. The number of nitrogens with one attached hydrogen (secondary N) is 1. The first-order valence-electron chi connectivity index (χ1n) is 9.04. The minimum atomic E-state index is -0.878. The van der Waals surface area contributed by atoms with Gasteiger partial charge in [-0.15, -0.1) is 0 Å². The van der Waals surface area contributed by atoms with Crippen LogP contribution in [0.4, 0.5) is 10.1 Å². The minimum absolute atomic E-state index is 0.0587. The average Bonchev–Trinajstić information content (AvgIpc) is 2.69. The molecular weight excluding hydrogens is 379 g/mol. The number of aryl methyl sites for hydroxylation is 1. The molecule has 0 aliphatic carbocycles. The van der Waals surface area contributed by atoms with E-state index in [9.17, 15) is 18.8 Å². The van der Waals surface area contributed by atoms with Gasteiger partial charge in [0.15, 0.2) is 5.58 Å². The second-order valence-corrected chi connectivity index (χ2v) is 6.40. The second kappa shape index (κ2) is 8.64. The predicted octanol–water partition coefficient (Wildman–Crippen LogP) is 3.73. The van der Waals surface area contributed by atoms with Crippen molar-refractivity contribution in [3.8, 4) is 0 Å². The number of pyridine rings is 1. The molecule has 0 radical (unpaired) electrons. The quantitative estimate of drug-likeness (QED) is 0.635. The van der Waals surface area contributed by atoms with E-state index >= 15 is 0 Å². The molecular formula is C21H19FN2O5. The van der Waals surface area contributed by atoms with Crippen LogP contribution in [0, 0.1) is 12.7 Å². The van der Waals surface area contributed by atoms with Gasteiger partial charge < -0.3 is 14.5 Å². The molecule has 1 aromatic carbocycles. The molecule has 29 heavy (non-hydrogen) atoms. The molecule has 1 amide bonds. The van der Waals surface area contributed by atoms with Crippen molar-refractivity contribution in [2.45, 2.75) is 33.3 Å². The molecule has 2 heterocycles. The van der Waals surface area contributed by atoms with Crippen molar-refractivity contribution in [2.24, 2.45) is 0 Å². The van der Waals surface area contributed by atoms with Crippen molar-refractivity contribution < 1.29 is 23.1 Å². The Morgan fingerprint density at radius 1 is 1.28 bits per heavy atom. The summed E-state index contributed by atoms with van der Waals surface area (Å²) in [5.41, 5.74) is -0.109. The first kappa shape index (κ1) is 20.2. The lowest BCUT2D eigenvalue weighted by Crippen LogP contribution is -2.21. The van der Waals surface area contributed by atoms with E-state index in [1.165, 1.54) is 30.5 Å². The van der Waals surface area contributed by atoms with Gasteiger partial charge in [0.05, 0.1) is 11.4 Å². The Morgan fingerprint density at radius 2 is 2.03 bits per heavy atom. The fraction of sp³-hybridized carbons (Fsp3) is 0.238. The highest BCUT2D eigenvalue weighted by Gasteiger charge is 2.18. The summed E-state index contributed by atoms with van der Waals surface area (Å²) in [6.45, 7) is 3.43. The van der Waals surface area contributed by atoms with Crippen molar-refractivity contribution in [3.05, 3.63) is 69.6 Å². The first-order chi connectivity index (χ1) is 13.9. The average molecular weight is 398 g/mol. The summed E-state index contributed by atoms with van der Waals surface area (Å²) < 4.78 is 24.3. The molecule has 150 valence electrons. The number of fused-ring (bicyclic) bond motifs is 1. The lowest BCUT2D eigenvalue weighted by atomic mass is 10.1. The van der Waals surface area contributed by atoms with Crippen LogP contribution in [0.3, 0.4) is 0 Å². The Kier molecular flexibility index (Phi) is 6.01. The number of carbonyl (C=O) groups excluding carboxylic acids is 2. The maximum atomic E-state index is 13.8. The van der Waals surface area contributed by atoms with Crippen LogP contribution in [0.25, 0.3) is 11.0 Å². The minimum Gasteiger partial charge on any atom is -0.461 e. The number of aromatic nitrogens is 1. The summed E-state index contributed by atoms with van der Waals surface area (Å²) in [6, 6.07) is 6.95. The van der Waals surface area contributed by atoms with Gasteiger partial charge in [0.1, 0.15) is 18.0 Å². The van der Waals surface area contributed by atoms with Gasteiger partial charge in [-0.3, -0.25) is 14.6 Å². The molecule has 2 aromatic heterocycles. The Morgan fingerprint density at radius 3 is 2.76 bits per heavy atom. The fourth-order valence-electron chi connectivity index (χ4n) is 2.74. The van der Waals surface area contributed by atoms with Crippen LogP contribution < -0.4 is 10.9 Å². The van der Waals surface area contributed by atoms with Gasteiger partial charge >= 0.3 is 11.6 Å². The Hall–Kier alpha value is -3.55. The van der Waals surface area contributed by atoms with E-state index in [-0.39, 0.29) is 35.8 Å². The standard InChI is InChI=1S/C21H19FN2O5/c1-3-6-18(25)28-11-13-10-23-12(2)19-14(13)9-15(21(27)29-19)20(26)24-17-8-5-4-7-16(17)22/h4-5,7-10H,3,6,11H2,1-2H3,(H,24,26). The topological polar surface area (TPSA) is 98.5 Å². The number of anilines is 1. The molecule has 7 nitrogen and oxygen atoms in total. The smallest absolute Gasteiger partial charge is 0.349 e. The summed E-state index contributed by atoms with van der Waals surface area (Å²) in [5, 5.41) is 2.77. The van der Waals surface area contributed by atoms with Gasteiger partial charge in [0, 0.05) is 23.6 Å². The third-order valence-corrected chi connectivity index (χ3v) is 4.25. The number of hydrogen-bond donors (Lipinski definition) is 1. The molecule has 8 heteroatoms. The number of para-hydroxylation sites is 1. The number of hydrogen-bond acceptors (Lipinski definition) is 6. The molecule has 0 unspecified atom stereocenters. The molecule has 0 atom stereocenters. The summed E-state index contributed by atoms with van der Waals surface area (Å²) >= 11 is 0. The molecule has 0 bridgehead atoms. The van der Waals surface area contributed by atoms with Crippen molar-refractivity contribution in [3.63, 3.8) is 0 Å². The van der Waals surface area contributed by atoms with E-state index in [0.717, 1.165) is 0 Å². The van der Waals surface area contributed by atoms with Crippen molar-refractivity contribution >= 4 is 28.5 Å². The van der Waals surface area contributed by atoms with Gasteiger partial charge in [-0.05, 0) is 31.5 Å². The van der Waals surface area contributed by atoms with Crippen molar-refractivity contribution in [2.75, 3.05) is 5.32 Å². The summed E-state index contributed by atoms with van der Waals surface area (Å²) in [6.07, 6.45) is 2.43. The number of nitrogens with zero attached hydrogens (tertiary/aromatic N) is 1. The third-order valence-electron chi connectivity index (χ3n) is 4.25. The number of ether oxygens (including phenoxy) is 1. The second-order valence-electron chi connectivity index (χ2n) is 6.40. The summed E-state index contributed by atoms with van der Waals surface area (Å²) in [4.78, 5) is 40.7. The normalized spacial score (nSPS) is 10.7. The van der Waals surface area contributed by atoms with E-state index in [4.69, 9.17) is 9.15 Å². The molecule has 0 spiro atoms. The first-order valence-corrected chi connectivity index (χ1v) is 9.04. The monoisotopic (exact) mass is 398 g/mol. The molecule has 0 aliphatic rings. The van der Waals surface area contributed by atoms with Crippen LogP contribution in [0.15, 0.2) is 45.7 Å². The maximum absolute atomic E-state index is 13.8. The number of halogens is 1. The highest BCUT2D eigenvalue weighted by Crippen LogP contribution is 2.22. The molecule has 0 saturated carbocycles. The summed E-state index contributed by atoms with van der Waals surface area (Å²) in [5.74, 6) is -1.81. The van der Waals surface area contributed by atoms with Crippen LogP contribution in [0.2, 0.25) is 0 Å². The van der Waals surface area contributed by atoms with Gasteiger partial charge in [-0.25, -0.2) is 9.18 Å². The molecule has 0 saturated heterocycles. The SMILES string of the molecule is CCCC(=O)OCc1cnc(C)c2oc(=O)c(C(=O)Nc3ccccc3F)cc12. The van der Waals surface area contributed by atoms with Gasteiger partial charge in [0.25, 0.3) is 5.91 Å². The van der Waals surface area contributed by atoms with E-state index < -0.39 is 17.3 Å². The molecule has 0 fully saturated rings. The number of amides is 1. The van der Waals surface area contributed by atoms with E-state index in [0.29, 0.717) is 23.1 Å². The fourth-order valence-corrected chi connectivity index (χ4v) is 2.74. The van der Waals surface area contributed by atoms with E-state index in [2.05, 4.69) is 10.3 Å². The summed E-state index contributed by atoms with van der Waals surface area (Å²) in [7, 11) is 0. The van der Waals surface area contributed by atoms with Crippen LogP contribution in [-0.4, -0.2) is 16.9 Å². The predicted molar refractivity (Wildman–Crippen MR) is 104 cm³/mol. The highest BCUT2D eigenvalue weighted by atomic mass is 19.1. The van der Waals surface area contributed by atoms with Crippen LogP contribution in [0.5, 0.6) is 0 Å². The number of benzene rings is 1. The molecule has 3 rings (SSSR count). The van der Waals surface area contributed by atoms with E-state index in [1.54, 1.807) is 13.0 Å². The Balaban J connectivity index is 1.98. The van der Waals surface area contributed by atoms with Gasteiger partial charge in [-0.2, -0.15) is 0 Å². The van der Waals surface area contributed by atoms with Crippen molar-refractivity contribution in [1.82, 2.24) is 4.98 Å².